The minimum absolute atomic E-state index is 0.509. The van der Waals surface area contributed by atoms with E-state index in [1.54, 1.807) is 0 Å². The normalized spacial score (nSPS) is 12.4. The first-order valence-electron chi connectivity index (χ1n) is 5.69. The summed E-state index contributed by atoms with van der Waals surface area (Å²) in [5, 5.41) is 10.1. The Labute approximate surface area is 101 Å². The first kappa shape index (κ1) is 11.7. The second-order valence-electron chi connectivity index (χ2n) is 4.18. The maximum atomic E-state index is 10.1. The summed E-state index contributed by atoms with van der Waals surface area (Å²) in [6.07, 6.45) is 0.0127. The number of nitrogens with zero attached hydrogens (tertiary/aromatic N) is 2. The van der Waals surface area contributed by atoms with E-state index in [-0.39, 0.29) is 0 Å². The van der Waals surface area contributed by atoms with Gasteiger partial charge in [0.25, 0.3) is 0 Å². The molecule has 2 rings (SSSR count). The van der Waals surface area contributed by atoms with Crippen LogP contribution in [0, 0.1) is 13.8 Å². The molecule has 0 aliphatic heterocycles. The molecule has 1 aromatic carbocycles. The second-order valence-corrected chi connectivity index (χ2v) is 4.18. The van der Waals surface area contributed by atoms with Crippen molar-refractivity contribution in [1.82, 2.24) is 9.97 Å². The number of aryl methyl sites for hydroxylation is 2. The molecule has 1 N–H and O–H groups in total. The molecule has 0 saturated heterocycles. The van der Waals surface area contributed by atoms with Gasteiger partial charge in [0.1, 0.15) is 5.82 Å². The van der Waals surface area contributed by atoms with Gasteiger partial charge in [-0.1, -0.05) is 30.3 Å². The van der Waals surface area contributed by atoms with Gasteiger partial charge in [0.2, 0.25) is 0 Å². The molecule has 88 valence electrons. The zero-order chi connectivity index (χ0) is 12.3. The summed E-state index contributed by atoms with van der Waals surface area (Å²) in [4.78, 5) is 8.55. The monoisotopic (exact) mass is 228 g/mol. The molecule has 0 saturated carbocycles. The molecule has 3 heteroatoms. The highest BCUT2D eigenvalue weighted by Gasteiger charge is 2.09. The van der Waals surface area contributed by atoms with E-state index in [0.29, 0.717) is 6.42 Å². The molecule has 17 heavy (non-hydrogen) atoms. The lowest BCUT2D eigenvalue weighted by molar-refractivity contribution is 0.177. The van der Waals surface area contributed by atoms with Crippen molar-refractivity contribution in [1.29, 1.82) is 0 Å². The highest BCUT2D eigenvalue weighted by Crippen LogP contribution is 2.17. The molecule has 0 aliphatic carbocycles. The summed E-state index contributed by atoms with van der Waals surface area (Å²) in [6.45, 7) is 3.80. The Morgan fingerprint density at radius 2 is 1.82 bits per heavy atom. The summed E-state index contributed by atoms with van der Waals surface area (Å²) in [6, 6.07) is 11.6. The number of benzene rings is 1. The van der Waals surface area contributed by atoms with Crippen molar-refractivity contribution in [3.63, 3.8) is 0 Å². The highest BCUT2D eigenvalue weighted by atomic mass is 16.3. The Kier molecular flexibility index (Phi) is 3.49. The lowest BCUT2D eigenvalue weighted by atomic mass is 10.0. The van der Waals surface area contributed by atoms with Crippen LogP contribution in [0.25, 0.3) is 0 Å². The van der Waals surface area contributed by atoms with Crippen molar-refractivity contribution in [3.05, 3.63) is 59.2 Å². The maximum Gasteiger partial charge on any atom is 0.125 e. The van der Waals surface area contributed by atoms with Crippen molar-refractivity contribution in [2.75, 3.05) is 0 Å². The lowest BCUT2D eigenvalue weighted by Crippen LogP contribution is -2.05. The van der Waals surface area contributed by atoms with Crippen molar-refractivity contribution in [3.8, 4) is 0 Å². The Balaban J connectivity index is 2.16. The molecule has 1 unspecified atom stereocenters. The van der Waals surface area contributed by atoms with Gasteiger partial charge in [-0.05, 0) is 25.5 Å². The van der Waals surface area contributed by atoms with E-state index in [0.717, 1.165) is 22.8 Å². The third-order valence-corrected chi connectivity index (χ3v) is 2.61. The Morgan fingerprint density at radius 3 is 2.47 bits per heavy atom. The third kappa shape index (κ3) is 3.11. The van der Waals surface area contributed by atoms with Gasteiger partial charge in [0.15, 0.2) is 0 Å². The predicted molar refractivity (Wildman–Crippen MR) is 66.6 cm³/mol. The molecular weight excluding hydrogens is 212 g/mol. The molecule has 0 aliphatic rings. The van der Waals surface area contributed by atoms with Crippen LogP contribution in [0.15, 0.2) is 36.4 Å². The average molecular weight is 228 g/mol. The van der Waals surface area contributed by atoms with Crippen molar-refractivity contribution in [2.24, 2.45) is 0 Å². The summed E-state index contributed by atoms with van der Waals surface area (Å²) < 4.78 is 0. The van der Waals surface area contributed by atoms with E-state index in [4.69, 9.17) is 0 Å². The van der Waals surface area contributed by atoms with Crippen LogP contribution in [0.4, 0.5) is 0 Å². The van der Waals surface area contributed by atoms with Crippen LogP contribution >= 0.6 is 0 Å². The molecule has 0 bridgehead atoms. The smallest absolute Gasteiger partial charge is 0.125 e. The van der Waals surface area contributed by atoms with E-state index in [1.807, 2.05) is 50.2 Å². The van der Waals surface area contributed by atoms with Gasteiger partial charge in [-0.25, -0.2) is 9.97 Å². The molecule has 2 aromatic rings. The largest absolute Gasteiger partial charge is 0.388 e. The zero-order valence-electron chi connectivity index (χ0n) is 10.1. The molecular formula is C14H16N2O. The van der Waals surface area contributed by atoms with E-state index in [2.05, 4.69) is 9.97 Å². The Hall–Kier alpha value is -1.74. The minimum Gasteiger partial charge on any atom is -0.388 e. The van der Waals surface area contributed by atoms with Crippen LogP contribution < -0.4 is 0 Å². The van der Waals surface area contributed by atoms with Gasteiger partial charge in [-0.3, -0.25) is 0 Å². The number of aromatic nitrogens is 2. The number of aliphatic hydroxyl groups excluding tert-OH is 1. The summed E-state index contributed by atoms with van der Waals surface area (Å²) >= 11 is 0. The van der Waals surface area contributed by atoms with Crippen LogP contribution in [-0.4, -0.2) is 15.1 Å². The van der Waals surface area contributed by atoms with Crippen LogP contribution in [0.3, 0.4) is 0 Å². The van der Waals surface area contributed by atoms with Gasteiger partial charge >= 0.3 is 0 Å². The van der Waals surface area contributed by atoms with Crippen LogP contribution in [0.2, 0.25) is 0 Å². The topological polar surface area (TPSA) is 46.0 Å². The predicted octanol–water partition coefficient (Wildman–Crippen LogP) is 2.37. The number of hydrogen-bond acceptors (Lipinski definition) is 3. The number of hydrogen-bond donors (Lipinski definition) is 1. The molecule has 1 aromatic heterocycles. The quantitative estimate of drug-likeness (QED) is 0.877. The summed E-state index contributed by atoms with van der Waals surface area (Å²) in [7, 11) is 0. The van der Waals surface area contributed by atoms with E-state index in [1.165, 1.54) is 0 Å². The van der Waals surface area contributed by atoms with Gasteiger partial charge in [0, 0.05) is 17.8 Å². The standard InChI is InChI=1S/C14H16N2O/c1-10-8-13(16-11(2)15-10)9-14(17)12-6-4-3-5-7-12/h3-8,14,17H,9H2,1-2H3. The maximum absolute atomic E-state index is 10.1. The first-order valence-corrected chi connectivity index (χ1v) is 5.69. The molecule has 1 heterocycles. The Bertz CT molecular complexity index is 477. The SMILES string of the molecule is Cc1cc(CC(O)c2ccccc2)nc(C)n1. The third-order valence-electron chi connectivity index (χ3n) is 2.61. The van der Waals surface area contributed by atoms with E-state index >= 15 is 0 Å². The second kappa shape index (κ2) is 5.06. The van der Waals surface area contributed by atoms with Gasteiger partial charge in [-0.15, -0.1) is 0 Å². The van der Waals surface area contributed by atoms with Crippen LogP contribution in [-0.2, 0) is 6.42 Å². The first-order chi connectivity index (χ1) is 8.15. The van der Waals surface area contributed by atoms with E-state index < -0.39 is 6.10 Å². The zero-order valence-corrected chi connectivity index (χ0v) is 10.1. The molecule has 0 spiro atoms. The fraction of sp³-hybridized carbons (Fsp3) is 0.286. The minimum atomic E-state index is -0.509. The van der Waals surface area contributed by atoms with Gasteiger partial charge in [0.05, 0.1) is 6.10 Å². The Morgan fingerprint density at radius 1 is 1.12 bits per heavy atom. The van der Waals surface area contributed by atoms with Gasteiger partial charge < -0.3 is 5.11 Å². The van der Waals surface area contributed by atoms with Crippen molar-refractivity contribution >= 4 is 0 Å². The highest BCUT2D eigenvalue weighted by molar-refractivity contribution is 5.20. The average Bonchev–Trinajstić information content (AvgIpc) is 2.28. The van der Waals surface area contributed by atoms with Crippen LogP contribution in [0.1, 0.15) is 28.9 Å². The van der Waals surface area contributed by atoms with Crippen LogP contribution in [0.5, 0.6) is 0 Å². The summed E-state index contributed by atoms with van der Waals surface area (Å²) in [5.74, 6) is 0.750. The molecule has 1 atom stereocenters. The number of rotatable bonds is 3. The number of aliphatic hydroxyl groups is 1. The lowest BCUT2D eigenvalue weighted by Gasteiger charge is -2.11. The van der Waals surface area contributed by atoms with Crippen molar-refractivity contribution in [2.45, 2.75) is 26.4 Å². The molecule has 3 nitrogen and oxygen atoms in total. The molecule has 0 fully saturated rings. The van der Waals surface area contributed by atoms with Crippen molar-refractivity contribution < 1.29 is 5.11 Å². The molecule has 0 radical (unpaired) electrons. The fourth-order valence-corrected chi connectivity index (χ4v) is 1.89. The summed E-state index contributed by atoms with van der Waals surface area (Å²) in [5.41, 5.74) is 2.74. The van der Waals surface area contributed by atoms with E-state index in [9.17, 15) is 5.11 Å². The van der Waals surface area contributed by atoms with Gasteiger partial charge in [-0.2, -0.15) is 0 Å². The fourth-order valence-electron chi connectivity index (χ4n) is 1.89. The molecule has 0 amide bonds.